The second-order valence-electron chi connectivity index (χ2n) is 5.06. The second kappa shape index (κ2) is 5.04. The Morgan fingerprint density at radius 1 is 1.55 bits per heavy atom. The van der Waals surface area contributed by atoms with Gasteiger partial charge in [-0.15, -0.1) is 0 Å². The Morgan fingerprint density at radius 3 is 3.00 bits per heavy atom. The van der Waals surface area contributed by atoms with E-state index in [1.54, 1.807) is 11.1 Å². The Morgan fingerprint density at radius 2 is 2.30 bits per heavy atom. The molecular weight excluding hydrogens is 344 g/mol. The number of benzene rings is 1. The minimum Gasteiger partial charge on any atom is -0.479 e. The maximum absolute atomic E-state index is 12.5. The van der Waals surface area contributed by atoms with Crippen molar-refractivity contribution in [2.75, 3.05) is 0 Å². The van der Waals surface area contributed by atoms with Crippen LogP contribution >= 0.6 is 27.5 Å². The van der Waals surface area contributed by atoms with Crippen molar-refractivity contribution in [1.82, 2.24) is 5.01 Å². The molecule has 0 spiro atoms. The number of hydrazone groups is 1. The van der Waals surface area contributed by atoms with Gasteiger partial charge in [-0.2, -0.15) is 5.10 Å². The second-order valence-corrected chi connectivity index (χ2v) is 6.35. The minimum atomic E-state index is -0.508. The first-order chi connectivity index (χ1) is 9.51. The number of amides is 1. The molecule has 0 N–H and O–H groups in total. The molecule has 0 aromatic heterocycles. The molecule has 2 aliphatic heterocycles. The largest absolute Gasteiger partial charge is 0.479 e. The van der Waals surface area contributed by atoms with Crippen molar-refractivity contribution in [3.63, 3.8) is 0 Å². The first-order valence-corrected chi connectivity index (χ1v) is 7.71. The predicted molar refractivity (Wildman–Crippen MR) is 81.2 cm³/mol. The van der Waals surface area contributed by atoms with Gasteiger partial charge in [0.15, 0.2) is 6.10 Å². The van der Waals surface area contributed by atoms with E-state index in [-0.39, 0.29) is 11.9 Å². The van der Waals surface area contributed by atoms with Crippen molar-refractivity contribution in [3.8, 4) is 5.75 Å². The highest BCUT2D eigenvalue weighted by Crippen LogP contribution is 2.44. The molecular formula is C14H14BrClN2O2. The Kier molecular flexibility index (Phi) is 3.50. The summed E-state index contributed by atoms with van der Waals surface area (Å²) in [5.74, 6) is 0.612. The zero-order valence-corrected chi connectivity index (χ0v) is 13.5. The normalized spacial score (nSPS) is 24.7. The molecule has 0 saturated heterocycles. The molecule has 0 bridgehead atoms. The molecule has 0 fully saturated rings. The van der Waals surface area contributed by atoms with Gasteiger partial charge < -0.3 is 4.74 Å². The van der Waals surface area contributed by atoms with E-state index >= 15 is 0 Å². The highest BCUT2D eigenvalue weighted by Gasteiger charge is 2.40. The van der Waals surface area contributed by atoms with Crippen LogP contribution in [0.2, 0.25) is 5.02 Å². The van der Waals surface area contributed by atoms with Crippen LogP contribution in [0.4, 0.5) is 0 Å². The van der Waals surface area contributed by atoms with Gasteiger partial charge in [0.05, 0.1) is 10.5 Å². The van der Waals surface area contributed by atoms with Crippen molar-refractivity contribution in [1.29, 1.82) is 0 Å². The van der Waals surface area contributed by atoms with E-state index in [4.69, 9.17) is 16.3 Å². The number of hydrogen-bond donors (Lipinski definition) is 0. The molecule has 0 saturated carbocycles. The lowest BCUT2D eigenvalue weighted by Crippen LogP contribution is -2.36. The fourth-order valence-electron chi connectivity index (χ4n) is 2.66. The molecule has 4 nitrogen and oxygen atoms in total. The number of halogens is 2. The first kappa shape index (κ1) is 13.9. The molecule has 2 atom stereocenters. The third-order valence-electron chi connectivity index (χ3n) is 3.59. The topological polar surface area (TPSA) is 41.9 Å². The molecule has 1 aromatic rings. The van der Waals surface area contributed by atoms with Crippen LogP contribution in [-0.2, 0) is 4.79 Å². The van der Waals surface area contributed by atoms with E-state index in [0.717, 1.165) is 15.7 Å². The fraction of sp³-hybridized carbons (Fsp3) is 0.429. The number of ether oxygens (including phenoxy) is 1. The number of carbonyl (C=O) groups is 1. The van der Waals surface area contributed by atoms with E-state index in [2.05, 4.69) is 21.0 Å². The van der Waals surface area contributed by atoms with Gasteiger partial charge >= 0.3 is 0 Å². The fourth-order valence-corrected chi connectivity index (χ4v) is 3.58. The van der Waals surface area contributed by atoms with Crippen molar-refractivity contribution in [2.24, 2.45) is 5.10 Å². The lowest BCUT2D eigenvalue weighted by Gasteiger charge is -2.20. The van der Waals surface area contributed by atoms with E-state index in [9.17, 15) is 4.79 Å². The van der Waals surface area contributed by atoms with E-state index < -0.39 is 6.10 Å². The molecule has 3 rings (SSSR count). The molecule has 6 heteroatoms. The minimum absolute atomic E-state index is 0.0893. The summed E-state index contributed by atoms with van der Waals surface area (Å²) in [6, 6.07) is 3.53. The van der Waals surface area contributed by atoms with Gasteiger partial charge in [0.1, 0.15) is 5.75 Å². The van der Waals surface area contributed by atoms with E-state index in [1.807, 2.05) is 19.9 Å². The molecule has 2 unspecified atom stereocenters. The standard InChI is InChI=1S/C14H14BrClN2O2/c1-3-12-14(19)18-11(4-7(2)17-18)9-5-8(16)6-10(15)13(9)20-12/h5-6,11-12H,3-4H2,1-2H3. The molecule has 2 heterocycles. The highest BCUT2D eigenvalue weighted by molar-refractivity contribution is 9.10. The van der Waals surface area contributed by atoms with Crippen LogP contribution in [0.5, 0.6) is 5.75 Å². The highest BCUT2D eigenvalue weighted by atomic mass is 79.9. The Labute approximate surface area is 130 Å². The van der Waals surface area contributed by atoms with E-state index in [1.165, 1.54) is 0 Å². The van der Waals surface area contributed by atoms with Crippen LogP contribution in [-0.4, -0.2) is 22.7 Å². The van der Waals surface area contributed by atoms with Crippen LogP contribution in [0.25, 0.3) is 0 Å². The van der Waals surface area contributed by atoms with Gasteiger partial charge in [0.25, 0.3) is 5.91 Å². The van der Waals surface area contributed by atoms with Crippen LogP contribution in [0.1, 0.15) is 38.3 Å². The number of hydrogen-bond acceptors (Lipinski definition) is 3. The maximum Gasteiger partial charge on any atom is 0.284 e. The molecule has 20 heavy (non-hydrogen) atoms. The lowest BCUT2D eigenvalue weighted by atomic mass is 10.0. The summed E-state index contributed by atoms with van der Waals surface area (Å²) in [6.45, 7) is 3.86. The molecule has 1 aromatic carbocycles. The quantitative estimate of drug-likeness (QED) is 0.764. The number of nitrogens with zero attached hydrogens (tertiary/aromatic N) is 2. The van der Waals surface area contributed by atoms with Crippen LogP contribution in [0, 0.1) is 0 Å². The summed E-state index contributed by atoms with van der Waals surface area (Å²) >= 11 is 9.62. The molecule has 0 aliphatic carbocycles. The van der Waals surface area contributed by atoms with Crippen molar-refractivity contribution >= 4 is 39.1 Å². The number of fused-ring (bicyclic) bond motifs is 3. The van der Waals surface area contributed by atoms with Gasteiger partial charge in [-0.25, -0.2) is 5.01 Å². The summed E-state index contributed by atoms with van der Waals surface area (Å²) in [5.41, 5.74) is 1.86. The average Bonchev–Trinajstić information content (AvgIpc) is 2.74. The molecule has 0 radical (unpaired) electrons. The number of carbonyl (C=O) groups excluding carboxylic acids is 1. The summed E-state index contributed by atoms with van der Waals surface area (Å²) in [7, 11) is 0. The zero-order chi connectivity index (χ0) is 14.4. The Hall–Kier alpha value is -1.07. The summed E-state index contributed by atoms with van der Waals surface area (Å²) in [6.07, 6.45) is 0.807. The molecule has 1 amide bonds. The summed E-state index contributed by atoms with van der Waals surface area (Å²) in [4.78, 5) is 12.5. The SMILES string of the molecule is CCC1Oc2c(Br)cc(Cl)cc2C2CC(C)=NN2C1=O. The van der Waals surface area contributed by atoms with Crippen molar-refractivity contribution in [3.05, 3.63) is 27.2 Å². The monoisotopic (exact) mass is 356 g/mol. The van der Waals surface area contributed by atoms with Crippen LogP contribution in [0.15, 0.2) is 21.7 Å². The Bertz CT molecular complexity index is 617. The third-order valence-corrected chi connectivity index (χ3v) is 4.40. The molecule has 2 aliphatic rings. The Balaban J connectivity index is 2.17. The average molecular weight is 358 g/mol. The lowest BCUT2D eigenvalue weighted by molar-refractivity contribution is -0.139. The first-order valence-electron chi connectivity index (χ1n) is 6.54. The van der Waals surface area contributed by atoms with Crippen molar-refractivity contribution in [2.45, 2.75) is 38.8 Å². The predicted octanol–water partition coefficient (Wildman–Crippen LogP) is 3.92. The van der Waals surface area contributed by atoms with Crippen molar-refractivity contribution < 1.29 is 9.53 Å². The summed E-state index contributed by atoms with van der Waals surface area (Å²) < 4.78 is 6.69. The smallest absolute Gasteiger partial charge is 0.284 e. The number of rotatable bonds is 1. The molecule has 106 valence electrons. The van der Waals surface area contributed by atoms with Crippen LogP contribution < -0.4 is 4.74 Å². The van der Waals surface area contributed by atoms with Crippen LogP contribution in [0.3, 0.4) is 0 Å². The van der Waals surface area contributed by atoms with Gasteiger partial charge in [0.2, 0.25) is 0 Å². The van der Waals surface area contributed by atoms with Gasteiger partial charge in [0, 0.05) is 22.7 Å². The maximum atomic E-state index is 12.5. The van der Waals surface area contributed by atoms with Gasteiger partial charge in [-0.05, 0) is 41.4 Å². The van der Waals surface area contributed by atoms with Gasteiger partial charge in [-0.1, -0.05) is 18.5 Å². The summed E-state index contributed by atoms with van der Waals surface area (Å²) in [5, 5.41) is 6.54. The third kappa shape index (κ3) is 2.13. The zero-order valence-electron chi connectivity index (χ0n) is 11.2. The van der Waals surface area contributed by atoms with Gasteiger partial charge in [-0.3, -0.25) is 4.79 Å². The van der Waals surface area contributed by atoms with E-state index in [0.29, 0.717) is 23.6 Å².